The van der Waals surface area contributed by atoms with E-state index in [2.05, 4.69) is 46.1 Å². The normalized spacial score (nSPS) is 19.6. The Morgan fingerprint density at radius 3 is 2.39 bits per heavy atom. The van der Waals surface area contributed by atoms with Gasteiger partial charge in [-0.05, 0) is 73.0 Å². The Hall–Kier alpha value is -2.48. The van der Waals surface area contributed by atoms with E-state index in [9.17, 15) is 13.2 Å². The Morgan fingerprint density at radius 1 is 1.03 bits per heavy atom. The molecule has 2 fully saturated rings. The van der Waals surface area contributed by atoms with Crippen LogP contribution < -0.4 is 10.0 Å². The van der Waals surface area contributed by atoms with E-state index in [-0.39, 0.29) is 16.8 Å². The van der Waals surface area contributed by atoms with E-state index in [1.165, 1.54) is 37.6 Å². The molecule has 0 spiro atoms. The molecule has 4 rings (SSSR count). The van der Waals surface area contributed by atoms with E-state index < -0.39 is 10.0 Å². The SMILES string of the molecule is CC1CCCN(Cc2ccc(CNC(=O)/C=C/c3ccc(S(=O)(=O)NC4CC4)cc3)cc2)C1. The topological polar surface area (TPSA) is 78.5 Å². The van der Waals surface area contributed by atoms with Gasteiger partial charge >= 0.3 is 0 Å². The fourth-order valence-electron chi connectivity index (χ4n) is 4.12. The molecular weight excluding hydrogens is 434 g/mol. The Kier molecular flexibility index (Phi) is 7.63. The molecular formula is C26H33N3O3S. The quantitative estimate of drug-likeness (QED) is 0.552. The maximum Gasteiger partial charge on any atom is 0.244 e. The first-order valence-electron chi connectivity index (χ1n) is 11.8. The lowest BCUT2D eigenvalue weighted by atomic mass is 9.99. The van der Waals surface area contributed by atoms with Crippen molar-refractivity contribution in [2.45, 2.75) is 56.6 Å². The Morgan fingerprint density at radius 2 is 1.73 bits per heavy atom. The summed E-state index contributed by atoms with van der Waals surface area (Å²) in [5.74, 6) is 0.588. The van der Waals surface area contributed by atoms with Crippen LogP contribution >= 0.6 is 0 Å². The predicted molar refractivity (Wildman–Crippen MR) is 131 cm³/mol. The number of carbonyl (C=O) groups excluding carboxylic acids is 1. The molecule has 7 heteroatoms. The molecule has 1 heterocycles. The number of carbonyl (C=O) groups is 1. The van der Waals surface area contributed by atoms with Crippen LogP contribution in [0.4, 0.5) is 0 Å². The highest BCUT2D eigenvalue weighted by molar-refractivity contribution is 7.89. The highest BCUT2D eigenvalue weighted by Gasteiger charge is 2.27. The maximum absolute atomic E-state index is 12.2. The molecule has 1 aliphatic carbocycles. The summed E-state index contributed by atoms with van der Waals surface area (Å²) in [6.07, 6.45) is 7.56. The van der Waals surface area contributed by atoms with Crippen LogP contribution in [0.2, 0.25) is 0 Å². The molecule has 176 valence electrons. The van der Waals surface area contributed by atoms with Crippen molar-refractivity contribution in [3.05, 3.63) is 71.3 Å². The third kappa shape index (κ3) is 7.25. The molecule has 1 saturated carbocycles. The number of piperidine rings is 1. The van der Waals surface area contributed by atoms with Gasteiger partial charge in [-0.2, -0.15) is 0 Å². The second-order valence-corrected chi connectivity index (χ2v) is 11.0. The van der Waals surface area contributed by atoms with Gasteiger partial charge in [0.1, 0.15) is 0 Å². The van der Waals surface area contributed by atoms with Crippen LogP contribution in [0.1, 0.15) is 49.3 Å². The number of hydrogen-bond donors (Lipinski definition) is 2. The molecule has 0 aromatic heterocycles. The molecule has 1 unspecified atom stereocenters. The number of sulfonamides is 1. The van der Waals surface area contributed by atoms with Crippen molar-refractivity contribution in [3.8, 4) is 0 Å². The molecule has 1 saturated heterocycles. The zero-order valence-electron chi connectivity index (χ0n) is 19.2. The number of amides is 1. The molecule has 2 N–H and O–H groups in total. The van der Waals surface area contributed by atoms with E-state index in [0.717, 1.165) is 36.4 Å². The minimum atomic E-state index is -3.45. The summed E-state index contributed by atoms with van der Waals surface area (Å²) in [5.41, 5.74) is 3.13. The zero-order valence-corrected chi connectivity index (χ0v) is 20.0. The van der Waals surface area contributed by atoms with Gasteiger partial charge in [-0.15, -0.1) is 0 Å². The van der Waals surface area contributed by atoms with Gasteiger partial charge in [0.2, 0.25) is 15.9 Å². The number of nitrogens with zero attached hydrogens (tertiary/aromatic N) is 1. The van der Waals surface area contributed by atoms with Gasteiger partial charge in [0.15, 0.2) is 0 Å². The number of rotatable bonds is 9. The molecule has 1 amide bonds. The summed E-state index contributed by atoms with van der Waals surface area (Å²) >= 11 is 0. The van der Waals surface area contributed by atoms with Gasteiger partial charge in [0.25, 0.3) is 0 Å². The van der Waals surface area contributed by atoms with Crippen LogP contribution in [0.25, 0.3) is 6.08 Å². The lowest BCUT2D eigenvalue weighted by molar-refractivity contribution is -0.116. The van der Waals surface area contributed by atoms with Crippen LogP contribution in [0.15, 0.2) is 59.5 Å². The van der Waals surface area contributed by atoms with Crippen molar-refractivity contribution in [2.24, 2.45) is 5.92 Å². The monoisotopic (exact) mass is 467 g/mol. The first-order valence-corrected chi connectivity index (χ1v) is 13.2. The molecule has 2 aromatic rings. The standard InChI is InChI=1S/C26H33N3O3S/c1-20-3-2-16-29(18-20)19-23-6-4-22(5-7-23)17-27-26(30)15-10-21-8-13-25(14-9-21)33(31,32)28-24-11-12-24/h4-10,13-15,20,24,28H,2-3,11-12,16-19H2,1H3,(H,27,30)/b15-10+. The fraction of sp³-hybridized carbons (Fsp3) is 0.423. The largest absolute Gasteiger partial charge is 0.348 e. The van der Waals surface area contributed by atoms with Crippen molar-refractivity contribution in [1.82, 2.24) is 14.9 Å². The van der Waals surface area contributed by atoms with E-state index in [4.69, 9.17) is 0 Å². The fourth-order valence-corrected chi connectivity index (χ4v) is 5.42. The second-order valence-electron chi connectivity index (χ2n) is 9.31. The summed E-state index contributed by atoms with van der Waals surface area (Å²) in [6.45, 7) is 6.11. The van der Waals surface area contributed by atoms with Gasteiger partial charge < -0.3 is 5.32 Å². The van der Waals surface area contributed by atoms with Crippen molar-refractivity contribution in [1.29, 1.82) is 0 Å². The van der Waals surface area contributed by atoms with Crippen molar-refractivity contribution in [3.63, 3.8) is 0 Å². The van der Waals surface area contributed by atoms with Gasteiger partial charge in [-0.25, -0.2) is 13.1 Å². The van der Waals surface area contributed by atoms with Crippen molar-refractivity contribution < 1.29 is 13.2 Å². The summed E-state index contributed by atoms with van der Waals surface area (Å²) in [5, 5.41) is 2.90. The van der Waals surface area contributed by atoms with Crippen LogP contribution in [0.3, 0.4) is 0 Å². The minimum Gasteiger partial charge on any atom is -0.348 e. The van der Waals surface area contributed by atoms with Crippen LogP contribution in [-0.2, 0) is 27.9 Å². The van der Waals surface area contributed by atoms with Gasteiger partial charge in [0.05, 0.1) is 4.90 Å². The van der Waals surface area contributed by atoms with Crippen molar-refractivity contribution >= 4 is 22.0 Å². The minimum absolute atomic E-state index is 0.0768. The van der Waals surface area contributed by atoms with Crippen LogP contribution in [0.5, 0.6) is 0 Å². The lowest BCUT2D eigenvalue weighted by Gasteiger charge is -2.30. The number of hydrogen-bond acceptors (Lipinski definition) is 4. The molecule has 1 atom stereocenters. The molecule has 33 heavy (non-hydrogen) atoms. The van der Waals surface area contributed by atoms with Crippen molar-refractivity contribution in [2.75, 3.05) is 13.1 Å². The highest BCUT2D eigenvalue weighted by Crippen LogP contribution is 2.22. The van der Waals surface area contributed by atoms with Gasteiger partial charge in [-0.1, -0.05) is 43.3 Å². The summed E-state index contributed by atoms with van der Waals surface area (Å²) < 4.78 is 27.1. The molecule has 1 aliphatic heterocycles. The molecule has 2 aromatic carbocycles. The number of benzene rings is 2. The predicted octanol–water partition coefficient (Wildman–Crippen LogP) is 3.69. The lowest BCUT2D eigenvalue weighted by Crippen LogP contribution is -2.33. The summed E-state index contributed by atoms with van der Waals surface area (Å²) in [6, 6.07) is 15.0. The third-order valence-corrected chi connectivity index (χ3v) is 7.69. The van der Waals surface area contributed by atoms with E-state index in [1.54, 1.807) is 30.3 Å². The third-order valence-electron chi connectivity index (χ3n) is 6.15. The van der Waals surface area contributed by atoms with Crippen LogP contribution in [-0.4, -0.2) is 38.4 Å². The average molecular weight is 468 g/mol. The number of nitrogens with one attached hydrogen (secondary N) is 2. The average Bonchev–Trinajstić information content (AvgIpc) is 3.61. The van der Waals surface area contributed by atoms with E-state index in [0.29, 0.717) is 6.54 Å². The second kappa shape index (κ2) is 10.6. The Labute approximate surface area is 197 Å². The zero-order chi connectivity index (χ0) is 23.3. The Bertz CT molecular complexity index is 1070. The van der Waals surface area contributed by atoms with Gasteiger partial charge in [-0.3, -0.25) is 9.69 Å². The Balaban J connectivity index is 1.23. The number of likely N-dealkylation sites (tertiary alicyclic amines) is 1. The maximum atomic E-state index is 12.2. The molecule has 0 bridgehead atoms. The van der Waals surface area contributed by atoms with Gasteiger partial charge in [0, 0.05) is 31.8 Å². The first kappa shape index (κ1) is 23.7. The molecule has 6 nitrogen and oxygen atoms in total. The summed E-state index contributed by atoms with van der Waals surface area (Å²) in [7, 11) is -3.45. The highest BCUT2D eigenvalue weighted by atomic mass is 32.2. The van der Waals surface area contributed by atoms with Crippen LogP contribution in [0, 0.1) is 5.92 Å². The smallest absolute Gasteiger partial charge is 0.244 e. The molecule has 0 radical (unpaired) electrons. The summed E-state index contributed by atoms with van der Waals surface area (Å²) in [4.78, 5) is 15.0. The molecule has 2 aliphatic rings. The van der Waals surface area contributed by atoms with E-state index in [1.807, 2.05) is 0 Å². The first-order chi connectivity index (χ1) is 15.9. The van der Waals surface area contributed by atoms with E-state index >= 15 is 0 Å².